The number of amides is 1. The fourth-order valence-corrected chi connectivity index (χ4v) is 2.00. The van der Waals surface area contributed by atoms with Crippen LogP contribution in [0.25, 0.3) is 0 Å². The Morgan fingerprint density at radius 3 is 2.71 bits per heavy atom. The normalized spacial score (nSPS) is 11.7. The van der Waals surface area contributed by atoms with E-state index in [0.29, 0.717) is 5.75 Å². The number of nitro benzene ring substituents is 1. The minimum absolute atomic E-state index is 0.165. The monoisotopic (exact) mass is 316 g/mol. The number of carbonyl (C=O) groups excluding carboxylic acids is 1. The largest absolute Gasteiger partial charge is 0.480 e. The molecule has 2 N–H and O–H groups in total. The standard InChI is InChI=1S/C12H13FN2O5S/c1-21-5-4-10(12(17)18)14-11(16)8-6-7(15(19)20)2-3-9(8)13/h2-3,6,10H,4-5H2,1H3,(H,14,16)(H,17,18). The Bertz CT molecular complexity index is 567. The SMILES string of the molecule is CSCCC(NC(=O)c1cc([N+](=O)[O-])ccc1F)C(=O)O. The molecule has 21 heavy (non-hydrogen) atoms. The van der Waals surface area contributed by atoms with Crippen molar-refractivity contribution in [1.82, 2.24) is 5.32 Å². The number of carboxylic acid groups (broad SMARTS) is 1. The van der Waals surface area contributed by atoms with Crippen molar-refractivity contribution in [3.63, 3.8) is 0 Å². The van der Waals surface area contributed by atoms with E-state index in [2.05, 4.69) is 5.32 Å². The van der Waals surface area contributed by atoms with Crippen LogP contribution in [0, 0.1) is 15.9 Å². The van der Waals surface area contributed by atoms with Gasteiger partial charge in [0.2, 0.25) is 0 Å². The van der Waals surface area contributed by atoms with Crippen LogP contribution >= 0.6 is 11.8 Å². The highest BCUT2D eigenvalue weighted by atomic mass is 32.2. The van der Waals surface area contributed by atoms with E-state index in [4.69, 9.17) is 5.11 Å². The Hall–Kier alpha value is -2.16. The van der Waals surface area contributed by atoms with E-state index in [1.54, 1.807) is 6.26 Å². The maximum atomic E-state index is 13.6. The molecule has 9 heteroatoms. The van der Waals surface area contributed by atoms with Gasteiger partial charge in [0, 0.05) is 12.1 Å². The number of non-ortho nitro benzene ring substituents is 1. The second kappa shape index (κ2) is 7.58. The number of carboxylic acids is 1. The number of rotatable bonds is 7. The molecule has 0 aliphatic rings. The van der Waals surface area contributed by atoms with Crippen LogP contribution in [0.15, 0.2) is 18.2 Å². The summed E-state index contributed by atoms with van der Waals surface area (Å²) in [7, 11) is 0. The lowest BCUT2D eigenvalue weighted by atomic mass is 10.1. The zero-order chi connectivity index (χ0) is 16.0. The molecule has 0 saturated heterocycles. The van der Waals surface area contributed by atoms with Crippen LogP contribution in [0.3, 0.4) is 0 Å². The zero-order valence-corrected chi connectivity index (χ0v) is 11.9. The minimum atomic E-state index is -1.25. The van der Waals surface area contributed by atoms with Gasteiger partial charge in [0.15, 0.2) is 0 Å². The van der Waals surface area contributed by atoms with Crippen molar-refractivity contribution >= 4 is 29.3 Å². The van der Waals surface area contributed by atoms with Gasteiger partial charge in [0.05, 0.1) is 10.5 Å². The molecule has 0 fully saturated rings. The minimum Gasteiger partial charge on any atom is -0.480 e. The van der Waals surface area contributed by atoms with Crippen molar-refractivity contribution in [2.75, 3.05) is 12.0 Å². The summed E-state index contributed by atoms with van der Waals surface area (Å²) in [5, 5.41) is 21.8. The molecule has 1 amide bonds. The number of hydrogen-bond donors (Lipinski definition) is 2. The average Bonchev–Trinajstić information content (AvgIpc) is 2.42. The quantitative estimate of drug-likeness (QED) is 0.585. The predicted molar refractivity (Wildman–Crippen MR) is 74.9 cm³/mol. The van der Waals surface area contributed by atoms with Crippen LogP contribution in [-0.2, 0) is 4.79 Å². The molecule has 114 valence electrons. The van der Waals surface area contributed by atoms with Gasteiger partial charge < -0.3 is 10.4 Å². The van der Waals surface area contributed by atoms with Gasteiger partial charge in [-0.3, -0.25) is 14.9 Å². The smallest absolute Gasteiger partial charge is 0.326 e. The fraction of sp³-hybridized carbons (Fsp3) is 0.333. The molecule has 0 bridgehead atoms. The van der Waals surface area contributed by atoms with Gasteiger partial charge in [-0.05, 0) is 24.5 Å². The Morgan fingerprint density at radius 2 is 2.19 bits per heavy atom. The zero-order valence-electron chi connectivity index (χ0n) is 11.0. The number of nitrogens with one attached hydrogen (secondary N) is 1. The molecule has 0 radical (unpaired) electrons. The highest BCUT2D eigenvalue weighted by molar-refractivity contribution is 7.98. The number of benzene rings is 1. The molecule has 0 saturated carbocycles. The van der Waals surface area contributed by atoms with Gasteiger partial charge in [0.25, 0.3) is 11.6 Å². The van der Waals surface area contributed by atoms with Crippen molar-refractivity contribution in [1.29, 1.82) is 0 Å². The molecule has 7 nitrogen and oxygen atoms in total. The first kappa shape index (κ1) is 16.9. The summed E-state index contributed by atoms with van der Waals surface area (Å²) in [6.07, 6.45) is 1.94. The van der Waals surface area contributed by atoms with Gasteiger partial charge in [-0.2, -0.15) is 11.8 Å². The number of nitrogens with zero attached hydrogens (tertiary/aromatic N) is 1. The third-order valence-electron chi connectivity index (χ3n) is 2.62. The highest BCUT2D eigenvalue weighted by Crippen LogP contribution is 2.17. The first-order valence-electron chi connectivity index (χ1n) is 5.83. The van der Waals surface area contributed by atoms with Crippen molar-refractivity contribution in [2.45, 2.75) is 12.5 Å². The summed E-state index contributed by atoms with van der Waals surface area (Å²) < 4.78 is 13.6. The van der Waals surface area contributed by atoms with Crippen LogP contribution in [0.4, 0.5) is 10.1 Å². The number of aliphatic carboxylic acids is 1. The molecule has 0 aliphatic heterocycles. The topological polar surface area (TPSA) is 110 Å². The van der Waals surface area contributed by atoms with Gasteiger partial charge >= 0.3 is 5.97 Å². The molecule has 1 aromatic carbocycles. The molecule has 0 aliphatic carbocycles. The Balaban J connectivity index is 2.94. The Labute approximate surface area is 123 Å². The molecule has 1 unspecified atom stereocenters. The van der Waals surface area contributed by atoms with Crippen molar-refractivity contribution in [3.8, 4) is 0 Å². The molecular formula is C12H13FN2O5S. The van der Waals surface area contributed by atoms with E-state index in [1.807, 2.05) is 0 Å². The van der Waals surface area contributed by atoms with E-state index in [0.717, 1.165) is 18.2 Å². The average molecular weight is 316 g/mol. The van der Waals surface area contributed by atoms with Gasteiger partial charge in [-0.1, -0.05) is 0 Å². The summed E-state index contributed by atoms with van der Waals surface area (Å²) >= 11 is 1.40. The number of halogens is 1. The summed E-state index contributed by atoms with van der Waals surface area (Å²) in [5.41, 5.74) is -1.00. The lowest BCUT2D eigenvalue weighted by molar-refractivity contribution is -0.384. The van der Waals surface area contributed by atoms with Crippen LogP contribution in [0.2, 0.25) is 0 Å². The number of thioether (sulfide) groups is 1. The van der Waals surface area contributed by atoms with Crippen molar-refractivity contribution in [2.24, 2.45) is 0 Å². The first-order valence-corrected chi connectivity index (χ1v) is 7.22. The van der Waals surface area contributed by atoms with Crippen LogP contribution < -0.4 is 5.32 Å². The fourth-order valence-electron chi connectivity index (χ4n) is 1.53. The lowest BCUT2D eigenvalue weighted by Gasteiger charge is -2.14. The van der Waals surface area contributed by atoms with E-state index in [1.165, 1.54) is 11.8 Å². The van der Waals surface area contributed by atoms with Crippen LogP contribution in [0.5, 0.6) is 0 Å². The number of nitro groups is 1. The molecule has 0 heterocycles. The summed E-state index contributed by atoms with van der Waals surface area (Å²) in [6, 6.07) is 1.32. The predicted octanol–water partition coefficient (Wildman–Crippen LogP) is 1.67. The Morgan fingerprint density at radius 1 is 1.52 bits per heavy atom. The van der Waals surface area contributed by atoms with Gasteiger partial charge in [0.1, 0.15) is 11.9 Å². The Kier molecular flexibility index (Phi) is 6.10. The third-order valence-corrected chi connectivity index (χ3v) is 3.26. The van der Waals surface area contributed by atoms with Gasteiger partial charge in [-0.15, -0.1) is 0 Å². The summed E-state index contributed by atoms with van der Waals surface area (Å²) in [5.74, 6) is -2.70. The second-order valence-electron chi connectivity index (χ2n) is 4.07. The van der Waals surface area contributed by atoms with Crippen LogP contribution in [0.1, 0.15) is 16.8 Å². The van der Waals surface area contributed by atoms with E-state index < -0.39 is 39.9 Å². The molecular weight excluding hydrogens is 303 g/mol. The molecule has 1 rings (SSSR count). The highest BCUT2D eigenvalue weighted by Gasteiger charge is 2.23. The van der Waals surface area contributed by atoms with Crippen molar-refractivity contribution < 1.29 is 24.0 Å². The maximum Gasteiger partial charge on any atom is 0.326 e. The van der Waals surface area contributed by atoms with E-state index in [9.17, 15) is 24.1 Å². The summed E-state index contributed by atoms with van der Waals surface area (Å²) in [6.45, 7) is 0. The van der Waals surface area contributed by atoms with E-state index >= 15 is 0 Å². The second-order valence-corrected chi connectivity index (χ2v) is 5.05. The number of hydrogen-bond acceptors (Lipinski definition) is 5. The van der Waals surface area contributed by atoms with Crippen molar-refractivity contribution in [3.05, 3.63) is 39.7 Å². The molecule has 1 aromatic rings. The number of carbonyl (C=O) groups is 2. The molecule has 1 atom stereocenters. The molecule has 0 spiro atoms. The molecule has 0 aromatic heterocycles. The van der Waals surface area contributed by atoms with Crippen LogP contribution in [-0.4, -0.2) is 40.0 Å². The summed E-state index contributed by atoms with van der Waals surface area (Å²) in [4.78, 5) is 32.7. The first-order chi connectivity index (χ1) is 9.86. The van der Waals surface area contributed by atoms with E-state index in [-0.39, 0.29) is 6.42 Å². The third kappa shape index (κ3) is 4.71. The van der Waals surface area contributed by atoms with Gasteiger partial charge in [-0.25, -0.2) is 9.18 Å². The maximum absolute atomic E-state index is 13.6. The lowest BCUT2D eigenvalue weighted by Crippen LogP contribution is -2.41.